The van der Waals surface area contributed by atoms with Crippen molar-refractivity contribution in [3.8, 4) is 0 Å². The molecule has 7 nitrogen and oxygen atoms in total. The third-order valence-electron chi connectivity index (χ3n) is 4.88. The summed E-state index contributed by atoms with van der Waals surface area (Å²) in [5.74, 6) is -1.93. The Balaban J connectivity index is 2.08. The number of hydrogen-bond donors (Lipinski definition) is 3. The number of carbonyl (C=O) groups is 3. The maximum atomic E-state index is 12.8. The van der Waals surface area contributed by atoms with Gasteiger partial charge in [-0.05, 0) is 17.0 Å². The number of carbonyl (C=O) groups excluding carboxylic acids is 2. The summed E-state index contributed by atoms with van der Waals surface area (Å²) < 4.78 is 5.22. The zero-order valence-electron chi connectivity index (χ0n) is 17.2. The second kappa shape index (κ2) is 11.6. The highest BCUT2D eigenvalue weighted by molar-refractivity contribution is 5.89. The van der Waals surface area contributed by atoms with Crippen LogP contribution in [0.1, 0.15) is 31.4 Å². The summed E-state index contributed by atoms with van der Waals surface area (Å²) in [6, 6.07) is 16.4. The SMILES string of the molecule is CC[C@@H](C)[C@H](NC(=O)[C@H](Cc1ccccc1)NC(=O)OCc1ccccc1)C(=O)O. The number of rotatable bonds is 10. The first-order valence-electron chi connectivity index (χ1n) is 9.95. The first-order chi connectivity index (χ1) is 14.4. The summed E-state index contributed by atoms with van der Waals surface area (Å²) >= 11 is 0. The topological polar surface area (TPSA) is 105 Å². The molecule has 160 valence electrons. The summed E-state index contributed by atoms with van der Waals surface area (Å²) in [5.41, 5.74) is 1.65. The molecule has 0 spiro atoms. The fraction of sp³-hybridized carbons (Fsp3) is 0.348. The molecular weight excluding hydrogens is 384 g/mol. The van der Waals surface area contributed by atoms with E-state index in [4.69, 9.17) is 4.74 Å². The smallest absolute Gasteiger partial charge is 0.408 e. The molecule has 0 saturated carbocycles. The fourth-order valence-electron chi connectivity index (χ4n) is 2.90. The van der Waals surface area contributed by atoms with E-state index in [1.165, 1.54) is 0 Å². The predicted octanol–water partition coefficient (Wildman–Crippen LogP) is 3.14. The molecule has 2 rings (SSSR count). The molecule has 7 heteroatoms. The zero-order valence-corrected chi connectivity index (χ0v) is 17.2. The minimum Gasteiger partial charge on any atom is -0.480 e. The minimum absolute atomic E-state index is 0.0664. The van der Waals surface area contributed by atoms with Gasteiger partial charge in [0.05, 0.1) is 0 Å². The molecule has 3 atom stereocenters. The maximum Gasteiger partial charge on any atom is 0.408 e. The van der Waals surface area contributed by atoms with Gasteiger partial charge in [-0.3, -0.25) is 4.79 Å². The third kappa shape index (κ3) is 7.24. The van der Waals surface area contributed by atoms with Crippen molar-refractivity contribution in [1.29, 1.82) is 0 Å². The van der Waals surface area contributed by atoms with Crippen molar-refractivity contribution in [1.82, 2.24) is 10.6 Å². The molecule has 0 aliphatic heterocycles. The number of hydrogen-bond acceptors (Lipinski definition) is 4. The van der Waals surface area contributed by atoms with Gasteiger partial charge in [0.2, 0.25) is 5.91 Å². The van der Waals surface area contributed by atoms with Crippen LogP contribution in [0.4, 0.5) is 4.79 Å². The Bertz CT molecular complexity index is 826. The molecule has 0 aliphatic rings. The first-order valence-corrected chi connectivity index (χ1v) is 9.95. The Hall–Kier alpha value is -3.35. The summed E-state index contributed by atoms with van der Waals surface area (Å²) in [6.07, 6.45) is 0.0537. The molecule has 2 aromatic carbocycles. The van der Waals surface area contributed by atoms with Crippen LogP contribution < -0.4 is 10.6 Å². The van der Waals surface area contributed by atoms with E-state index in [1.807, 2.05) is 67.6 Å². The van der Waals surface area contributed by atoms with Gasteiger partial charge in [0.25, 0.3) is 0 Å². The van der Waals surface area contributed by atoms with Crippen LogP contribution in [0, 0.1) is 5.92 Å². The Morgan fingerprint density at radius 1 is 0.933 bits per heavy atom. The van der Waals surface area contributed by atoms with Gasteiger partial charge < -0.3 is 20.5 Å². The van der Waals surface area contributed by atoms with Gasteiger partial charge in [0.1, 0.15) is 18.7 Å². The van der Waals surface area contributed by atoms with Crippen LogP contribution in [0.5, 0.6) is 0 Å². The molecule has 30 heavy (non-hydrogen) atoms. The van der Waals surface area contributed by atoms with E-state index < -0.39 is 30.1 Å². The van der Waals surface area contributed by atoms with Gasteiger partial charge in [-0.2, -0.15) is 0 Å². The number of alkyl carbamates (subject to hydrolysis) is 1. The quantitative estimate of drug-likeness (QED) is 0.556. The second-order valence-electron chi connectivity index (χ2n) is 7.16. The highest BCUT2D eigenvalue weighted by atomic mass is 16.5. The number of benzene rings is 2. The van der Waals surface area contributed by atoms with Crippen LogP contribution in [0.15, 0.2) is 60.7 Å². The predicted molar refractivity (Wildman–Crippen MR) is 113 cm³/mol. The molecule has 0 radical (unpaired) electrons. The Kier molecular flexibility index (Phi) is 8.87. The molecule has 0 bridgehead atoms. The average molecular weight is 412 g/mol. The van der Waals surface area contributed by atoms with Crippen LogP contribution in [0.2, 0.25) is 0 Å². The number of nitrogens with one attached hydrogen (secondary N) is 2. The molecule has 0 fully saturated rings. The van der Waals surface area contributed by atoms with Gasteiger partial charge in [-0.15, -0.1) is 0 Å². The van der Waals surface area contributed by atoms with E-state index >= 15 is 0 Å². The lowest BCUT2D eigenvalue weighted by Crippen LogP contribution is -2.54. The Morgan fingerprint density at radius 2 is 1.50 bits per heavy atom. The van der Waals surface area contributed by atoms with Crippen LogP contribution in [0.3, 0.4) is 0 Å². The number of aliphatic carboxylic acids is 1. The normalized spacial score (nSPS) is 13.5. The number of amides is 2. The summed E-state index contributed by atoms with van der Waals surface area (Å²) in [4.78, 5) is 36.7. The summed E-state index contributed by atoms with van der Waals surface area (Å²) in [5, 5.41) is 14.6. The monoisotopic (exact) mass is 412 g/mol. The Morgan fingerprint density at radius 3 is 2.03 bits per heavy atom. The molecule has 0 saturated heterocycles. The number of carboxylic acids is 1. The van der Waals surface area contributed by atoms with E-state index in [9.17, 15) is 19.5 Å². The molecule has 3 N–H and O–H groups in total. The number of carboxylic acid groups (broad SMARTS) is 1. The first kappa shape index (κ1) is 22.9. The van der Waals surface area contributed by atoms with Gasteiger partial charge >= 0.3 is 12.1 Å². The lowest BCUT2D eigenvalue weighted by Gasteiger charge is -2.24. The Labute approximate surface area is 176 Å². The van der Waals surface area contributed by atoms with Gasteiger partial charge in [0.15, 0.2) is 0 Å². The molecule has 0 aromatic heterocycles. The van der Waals surface area contributed by atoms with Crippen molar-refractivity contribution in [3.05, 3.63) is 71.8 Å². The van der Waals surface area contributed by atoms with Gasteiger partial charge in [-0.25, -0.2) is 9.59 Å². The van der Waals surface area contributed by atoms with Gasteiger partial charge in [0, 0.05) is 6.42 Å². The van der Waals surface area contributed by atoms with E-state index in [1.54, 1.807) is 6.92 Å². The van der Waals surface area contributed by atoms with E-state index in [-0.39, 0.29) is 18.9 Å². The van der Waals surface area contributed by atoms with Crippen LogP contribution in [0.25, 0.3) is 0 Å². The van der Waals surface area contributed by atoms with Crippen molar-refractivity contribution in [2.24, 2.45) is 5.92 Å². The van der Waals surface area contributed by atoms with Crippen molar-refractivity contribution >= 4 is 18.0 Å². The molecular formula is C23H28N2O5. The molecule has 0 unspecified atom stereocenters. The van der Waals surface area contributed by atoms with Crippen LogP contribution in [-0.4, -0.2) is 35.2 Å². The highest BCUT2D eigenvalue weighted by Gasteiger charge is 2.30. The average Bonchev–Trinajstić information content (AvgIpc) is 2.76. The van der Waals surface area contributed by atoms with Crippen LogP contribution in [-0.2, 0) is 27.4 Å². The lowest BCUT2D eigenvalue weighted by atomic mass is 9.98. The number of ether oxygens (including phenoxy) is 1. The summed E-state index contributed by atoms with van der Waals surface area (Å²) in [6.45, 7) is 3.68. The fourth-order valence-corrected chi connectivity index (χ4v) is 2.90. The zero-order chi connectivity index (χ0) is 21.9. The van der Waals surface area contributed by atoms with Gasteiger partial charge in [-0.1, -0.05) is 80.9 Å². The minimum atomic E-state index is -1.11. The van der Waals surface area contributed by atoms with Crippen molar-refractivity contribution in [2.45, 2.75) is 45.4 Å². The van der Waals surface area contributed by atoms with Crippen molar-refractivity contribution in [3.63, 3.8) is 0 Å². The van der Waals surface area contributed by atoms with E-state index in [2.05, 4.69) is 10.6 Å². The summed E-state index contributed by atoms with van der Waals surface area (Å²) in [7, 11) is 0. The van der Waals surface area contributed by atoms with E-state index in [0.29, 0.717) is 6.42 Å². The standard InChI is InChI=1S/C23H28N2O5/c1-3-16(2)20(22(27)28)25-21(26)19(14-17-10-6-4-7-11-17)24-23(29)30-15-18-12-8-5-9-13-18/h4-13,16,19-20H,3,14-15H2,1-2H3,(H,24,29)(H,25,26)(H,27,28)/t16-,19+,20+/m1/s1. The van der Waals surface area contributed by atoms with Crippen molar-refractivity contribution < 1.29 is 24.2 Å². The second-order valence-corrected chi connectivity index (χ2v) is 7.16. The maximum absolute atomic E-state index is 12.8. The largest absolute Gasteiger partial charge is 0.480 e. The van der Waals surface area contributed by atoms with E-state index in [0.717, 1.165) is 11.1 Å². The third-order valence-corrected chi connectivity index (χ3v) is 4.88. The molecule has 0 aliphatic carbocycles. The molecule has 2 aromatic rings. The lowest BCUT2D eigenvalue weighted by molar-refractivity contribution is -0.143. The molecule has 2 amide bonds. The van der Waals surface area contributed by atoms with Crippen LogP contribution >= 0.6 is 0 Å². The van der Waals surface area contributed by atoms with Crippen molar-refractivity contribution in [2.75, 3.05) is 0 Å². The highest BCUT2D eigenvalue weighted by Crippen LogP contribution is 2.10. The molecule has 0 heterocycles.